The first-order valence-electron chi connectivity index (χ1n) is 17.7. The Morgan fingerprint density at radius 3 is 1.96 bits per heavy atom. The lowest BCUT2D eigenvalue weighted by molar-refractivity contribution is 0.411. The van der Waals surface area contributed by atoms with E-state index in [1.165, 1.54) is 58.4 Å². The average Bonchev–Trinajstić information content (AvgIpc) is 3.79. The van der Waals surface area contributed by atoms with E-state index in [9.17, 15) is 0 Å². The SMILES string of the molecule is c1ccc(C2N=C(c3ccc(-c4c5ccccc5cc5ccccc45)cc3)NC(c3cc4c5ccccc5oc4c4c3sc3ccccc34)N2)cc1. The largest absolute Gasteiger partial charge is 0.455 e. The molecule has 11 rings (SSSR count). The minimum absolute atomic E-state index is 0.215. The molecular formula is C47H31N3OS. The van der Waals surface area contributed by atoms with Gasteiger partial charge in [-0.25, -0.2) is 4.99 Å². The lowest BCUT2D eigenvalue weighted by Gasteiger charge is -2.32. The van der Waals surface area contributed by atoms with E-state index < -0.39 is 0 Å². The number of nitrogens with one attached hydrogen (secondary N) is 2. The molecule has 10 aromatic rings. The van der Waals surface area contributed by atoms with Gasteiger partial charge in [0, 0.05) is 42.1 Å². The highest BCUT2D eigenvalue weighted by molar-refractivity contribution is 7.26. The van der Waals surface area contributed by atoms with Crippen LogP contribution in [0.15, 0.2) is 173 Å². The number of furan rings is 1. The zero-order valence-corrected chi connectivity index (χ0v) is 28.8. The molecular weight excluding hydrogens is 655 g/mol. The van der Waals surface area contributed by atoms with Gasteiger partial charge in [0.15, 0.2) is 0 Å². The fourth-order valence-electron chi connectivity index (χ4n) is 8.09. The third-order valence-corrected chi connectivity index (χ3v) is 11.7. The van der Waals surface area contributed by atoms with E-state index in [0.29, 0.717) is 0 Å². The predicted octanol–water partition coefficient (Wildman–Crippen LogP) is 12.3. The molecule has 3 heterocycles. The van der Waals surface area contributed by atoms with E-state index in [4.69, 9.17) is 9.41 Å². The quantitative estimate of drug-likeness (QED) is 0.181. The molecule has 0 radical (unpaired) electrons. The molecule has 8 aromatic carbocycles. The lowest BCUT2D eigenvalue weighted by atomic mass is 9.91. The first-order valence-corrected chi connectivity index (χ1v) is 18.5. The Labute approximate surface area is 303 Å². The molecule has 0 amide bonds. The molecule has 1 aliphatic heterocycles. The number of fused-ring (bicyclic) bond motifs is 9. The van der Waals surface area contributed by atoms with Gasteiger partial charge in [-0.2, -0.15) is 0 Å². The third-order valence-electron chi connectivity index (χ3n) is 10.5. The highest BCUT2D eigenvalue weighted by atomic mass is 32.1. The Bertz CT molecular complexity index is 2980. The predicted molar refractivity (Wildman–Crippen MR) is 218 cm³/mol. The van der Waals surface area contributed by atoms with Crippen LogP contribution in [0.25, 0.3) is 74.8 Å². The topological polar surface area (TPSA) is 49.6 Å². The molecule has 0 spiro atoms. The maximum absolute atomic E-state index is 6.60. The Hall–Kier alpha value is -6.27. The molecule has 0 saturated carbocycles. The summed E-state index contributed by atoms with van der Waals surface area (Å²) in [6.07, 6.45) is -0.460. The van der Waals surface area contributed by atoms with Gasteiger partial charge >= 0.3 is 0 Å². The molecule has 2 N–H and O–H groups in total. The number of aliphatic imine (C=N–C) groups is 1. The Morgan fingerprint density at radius 1 is 0.558 bits per heavy atom. The number of amidine groups is 1. The summed E-state index contributed by atoms with van der Waals surface area (Å²) in [5, 5.41) is 17.4. The highest BCUT2D eigenvalue weighted by Crippen LogP contribution is 2.45. The molecule has 5 heteroatoms. The van der Waals surface area contributed by atoms with Gasteiger partial charge in [0.05, 0.1) is 0 Å². The number of benzene rings is 8. The van der Waals surface area contributed by atoms with Crippen molar-refractivity contribution in [1.82, 2.24) is 10.6 Å². The second-order valence-corrected chi connectivity index (χ2v) is 14.6. The monoisotopic (exact) mass is 685 g/mol. The van der Waals surface area contributed by atoms with Crippen LogP contribution in [0.5, 0.6) is 0 Å². The van der Waals surface area contributed by atoms with Gasteiger partial charge in [-0.3, -0.25) is 5.32 Å². The minimum Gasteiger partial charge on any atom is -0.455 e. The third kappa shape index (κ3) is 4.60. The van der Waals surface area contributed by atoms with E-state index in [1.54, 1.807) is 0 Å². The molecule has 0 aliphatic carbocycles. The molecule has 2 unspecified atom stereocenters. The van der Waals surface area contributed by atoms with E-state index >= 15 is 0 Å². The average molecular weight is 686 g/mol. The molecule has 246 valence electrons. The summed E-state index contributed by atoms with van der Waals surface area (Å²) in [6, 6.07) is 58.4. The molecule has 52 heavy (non-hydrogen) atoms. The molecule has 2 atom stereocenters. The van der Waals surface area contributed by atoms with Gasteiger partial charge in [0.2, 0.25) is 0 Å². The zero-order valence-electron chi connectivity index (χ0n) is 28.0. The summed E-state index contributed by atoms with van der Waals surface area (Å²) in [7, 11) is 0. The number of hydrogen-bond acceptors (Lipinski definition) is 5. The highest BCUT2D eigenvalue weighted by Gasteiger charge is 2.29. The number of thiophene rings is 1. The number of rotatable bonds is 4. The van der Waals surface area contributed by atoms with Crippen molar-refractivity contribution in [2.75, 3.05) is 0 Å². The van der Waals surface area contributed by atoms with Gasteiger partial charge < -0.3 is 9.73 Å². The van der Waals surface area contributed by atoms with Crippen LogP contribution in [0.2, 0.25) is 0 Å². The van der Waals surface area contributed by atoms with Gasteiger partial charge in [-0.05, 0) is 62.5 Å². The first kappa shape index (κ1) is 29.5. The van der Waals surface area contributed by atoms with Crippen molar-refractivity contribution < 1.29 is 4.42 Å². The Balaban J connectivity index is 1.07. The Morgan fingerprint density at radius 2 is 1.19 bits per heavy atom. The minimum atomic E-state index is -0.245. The van der Waals surface area contributed by atoms with Crippen molar-refractivity contribution in [3.63, 3.8) is 0 Å². The van der Waals surface area contributed by atoms with Crippen LogP contribution in [0, 0.1) is 0 Å². The molecule has 1 aliphatic rings. The second-order valence-electron chi connectivity index (χ2n) is 13.5. The van der Waals surface area contributed by atoms with Crippen LogP contribution in [0.1, 0.15) is 29.0 Å². The summed E-state index contributed by atoms with van der Waals surface area (Å²) in [4.78, 5) is 5.30. The number of hydrogen-bond donors (Lipinski definition) is 2. The van der Waals surface area contributed by atoms with E-state index in [2.05, 4.69) is 168 Å². The summed E-state index contributed by atoms with van der Waals surface area (Å²) < 4.78 is 9.05. The van der Waals surface area contributed by atoms with Crippen LogP contribution < -0.4 is 10.6 Å². The van der Waals surface area contributed by atoms with Crippen LogP contribution in [0.4, 0.5) is 0 Å². The zero-order chi connectivity index (χ0) is 34.2. The van der Waals surface area contributed by atoms with Crippen molar-refractivity contribution >= 4 is 80.8 Å². The molecule has 0 bridgehead atoms. The standard InChI is InChI=1S/C47H31N3OS/c1-2-12-29(13-3-1)45-48-46(30-24-22-28(23-25-30)41-33-16-6-4-14-31(33)26-32-15-5-7-17-34(32)41)50-47(49-45)38-27-37-35-18-8-10-20-39(35)51-43(37)42-36-19-9-11-21-40(36)52-44(38)42/h1-27,45,47,49H,(H,48,50). The molecule has 0 fully saturated rings. The van der Waals surface area contributed by atoms with Gasteiger partial charge in [-0.1, -0.05) is 140 Å². The van der Waals surface area contributed by atoms with Crippen molar-refractivity contribution in [1.29, 1.82) is 0 Å². The van der Waals surface area contributed by atoms with Crippen LogP contribution in [-0.4, -0.2) is 5.84 Å². The second kappa shape index (κ2) is 11.6. The number of nitrogens with zero attached hydrogens (tertiary/aromatic N) is 1. The summed E-state index contributed by atoms with van der Waals surface area (Å²) >= 11 is 1.82. The smallest absolute Gasteiger partial charge is 0.144 e. The molecule has 2 aromatic heterocycles. The molecule has 4 nitrogen and oxygen atoms in total. The van der Waals surface area contributed by atoms with E-state index in [1.807, 2.05) is 17.4 Å². The van der Waals surface area contributed by atoms with Crippen LogP contribution in [-0.2, 0) is 0 Å². The summed E-state index contributed by atoms with van der Waals surface area (Å²) in [5.74, 6) is 0.860. The van der Waals surface area contributed by atoms with Crippen LogP contribution in [0.3, 0.4) is 0 Å². The fraction of sp³-hybridized carbons (Fsp3) is 0.0426. The lowest BCUT2D eigenvalue weighted by Crippen LogP contribution is -2.45. The van der Waals surface area contributed by atoms with Crippen molar-refractivity contribution in [2.45, 2.75) is 12.3 Å². The Kier molecular flexibility index (Phi) is 6.59. The van der Waals surface area contributed by atoms with E-state index in [-0.39, 0.29) is 12.3 Å². The normalized spacial score (nSPS) is 16.3. The van der Waals surface area contributed by atoms with Gasteiger partial charge in [0.1, 0.15) is 29.3 Å². The van der Waals surface area contributed by atoms with Crippen molar-refractivity contribution in [3.05, 3.63) is 180 Å². The van der Waals surface area contributed by atoms with Crippen molar-refractivity contribution in [2.24, 2.45) is 4.99 Å². The van der Waals surface area contributed by atoms with Gasteiger partial charge in [-0.15, -0.1) is 11.3 Å². The summed E-state index contributed by atoms with van der Waals surface area (Å²) in [5.41, 5.74) is 7.64. The maximum atomic E-state index is 6.60. The van der Waals surface area contributed by atoms with Crippen LogP contribution >= 0.6 is 11.3 Å². The maximum Gasteiger partial charge on any atom is 0.144 e. The number of para-hydroxylation sites is 1. The summed E-state index contributed by atoms with van der Waals surface area (Å²) in [6.45, 7) is 0. The molecule has 0 saturated heterocycles. The first-order chi connectivity index (χ1) is 25.8. The fourth-order valence-corrected chi connectivity index (χ4v) is 9.34. The van der Waals surface area contributed by atoms with Crippen molar-refractivity contribution in [3.8, 4) is 11.1 Å². The van der Waals surface area contributed by atoms with Gasteiger partial charge in [0.25, 0.3) is 0 Å². The van der Waals surface area contributed by atoms with E-state index in [0.717, 1.165) is 38.9 Å².